The molecule has 1 atom stereocenters. The summed E-state index contributed by atoms with van der Waals surface area (Å²) in [5.41, 5.74) is 0.573. The SMILES string of the molecule is CCC(CNC(=O)c1ccc(Br)cc1)CC(=O)O. The van der Waals surface area contributed by atoms with E-state index < -0.39 is 5.97 Å². The van der Waals surface area contributed by atoms with Crippen molar-refractivity contribution >= 4 is 27.8 Å². The molecule has 0 aliphatic heterocycles. The first kappa shape index (κ1) is 14.7. The summed E-state index contributed by atoms with van der Waals surface area (Å²) in [5, 5.41) is 11.5. The highest BCUT2D eigenvalue weighted by Gasteiger charge is 2.13. The van der Waals surface area contributed by atoms with Crippen LogP contribution < -0.4 is 5.32 Å². The number of carbonyl (C=O) groups is 2. The van der Waals surface area contributed by atoms with Crippen LogP contribution in [0.25, 0.3) is 0 Å². The maximum atomic E-state index is 11.8. The van der Waals surface area contributed by atoms with Crippen LogP contribution in [0.15, 0.2) is 28.7 Å². The van der Waals surface area contributed by atoms with Crippen molar-refractivity contribution in [3.63, 3.8) is 0 Å². The van der Waals surface area contributed by atoms with E-state index in [0.29, 0.717) is 12.1 Å². The Bertz CT molecular complexity index is 417. The third kappa shape index (κ3) is 4.87. The zero-order valence-corrected chi connectivity index (χ0v) is 11.7. The quantitative estimate of drug-likeness (QED) is 0.848. The smallest absolute Gasteiger partial charge is 0.303 e. The third-order valence-electron chi connectivity index (χ3n) is 2.70. The molecule has 0 fully saturated rings. The summed E-state index contributed by atoms with van der Waals surface area (Å²) in [6, 6.07) is 7.03. The molecule has 4 nitrogen and oxygen atoms in total. The van der Waals surface area contributed by atoms with Gasteiger partial charge in [0.1, 0.15) is 0 Å². The van der Waals surface area contributed by atoms with Crippen LogP contribution in [-0.2, 0) is 4.79 Å². The first-order valence-corrected chi connectivity index (χ1v) is 6.57. The number of hydrogen-bond acceptors (Lipinski definition) is 2. The van der Waals surface area contributed by atoms with Crippen molar-refractivity contribution in [1.82, 2.24) is 5.32 Å². The van der Waals surface area contributed by atoms with Crippen molar-refractivity contribution in [3.8, 4) is 0 Å². The van der Waals surface area contributed by atoms with Crippen LogP contribution in [-0.4, -0.2) is 23.5 Å². The van der Waals surface area contributed by atoms with Crippen molar-refractivity contribution in [1.29, 1.82) is 0 Å². The summed E-state index contributed by atoms with van der Waals surface area (Å²) in [6.45, 7) is 2.30. The number of halogens is 1. The number of carboxylic acid groups (broad SMARTS) is 1. The van der Waals surface area contributed by atoms with Gasteiger partial charge in [0.2, 0.25) is 0 Å². The third-order valence-corrected chi connectivity index (χ3v) is 3.23. The van der Waals surface area contributed by atoms with Crippen LogP contribution in [0.5, 0.6) is 0 Å². The van der Waals surface area contributed by atoms with Crippen LogP contribution in [0.2, 0.25) is 0 Å². The fourth-order valence-corrected chi connectivity index (χ4v) is 1.81. The molecule has 98 valence electrons. The Morgan fingerprint density at radius 3 is 2.44 bits per heavy atom. The van der Waals surface area contributed by atoms with Gasteiger partial charge in [0.05, 0.1) is 0 Å². The zero-order chi connectivity index (χ0) is 13.5. The van der Waals surface area contributed by atoms with Crippen molar-refractivity contribution in [2.24, 2.45) is 5.92 Å². The van der Waals surface area contributed by atoms with E-state index in [-0.39, 0.29) is 18.2 Å². The first-order valence-electron chi connectivity index (χ1n) is 5.78. The molecule has 0 heterocycles. The predicted molar refractivity (Wildman–Crippen MR) is 72.5 cm³/mol. The maximum absolute atomic E-state index is 11.8. The predicted octanol–water partition coefficient (Wildman–Crippen LogP) is 2.68. The lowest BCUT2D eigenvalue weighted by atomic mass is 10.0. The second kappa shape index (κ2) is 7.16. The lowest BCUT2D eigenvalue weighted by Crippen LogP contribution is -2.30. The van der Waals surface area contributed by atoms with E-state index in [1.54, 1.807) is 24.3 Å². The van der Waals surface area contributed by atoms with Gasteiger partial charge in [-0.2, -0.15) is 0 Å². The number of carbonyl (C=O) groups excluding carboxylic acids is 1. The molecule has 1 unspecified atom stereocenters. The van der Waals surface area contributed by atoms with Gasteiger partial charge in [-0.05, 0) is 30.2 Å². The van der Waals surface area contributed by atoms with Crippen molar-refractivity contribution in [2.45, 2.75) is 19.8 Å². The van der Waals surface area contributed by atoms with Gasteiger partial charge in [0.15, 0.2) is 0 Å². The number of rotatable bonds is 6. The van der Waals surface area contributed by atoms with E-state index >= 15 is 0 Å². The fourth-order valence-electron chi connectivity index (χ4n) is 1.55. The van der Waals surface area contributed by atoms with Gasteiger partial charge < -0.3 is 10.4 Å². The minimum atomic E-state index is -0.834. The molecule has 1 aromatic rings. The zero-order valence-electron chi connectivity index (χ0n) is 10.1. The molecule has 0 saturated heterocycles. The molecule has 2 N–H and O–H groups in total. The highest BCUT2D eigenvalue weighted by atomic mass is 79.9. The maximum Gasteiger partial charge on any atom is 0.303 e. The summed E-state index contributed by atoms with van der Waals surface area (Å²) in [4.78, 5) is 22.4. The second-order valence-corrected chi connectivity index (χ2v) is 5.00. The van der Waals surface area contributed by atoms with E-state index in [4.69, 9.17) is 5.11 Å². The summed E-state index contributed by atoms with van der Waals surface area (Å²) >= 11 is 3.30. The minimum Gasteiger partial charge on any atom is -0.481 e. The fraction of sp³-hybridized carbons (Fsp3) is 0.385. The molecule has 1 aromatic carbocycles. The Balaban J connectivity index is 2.49. The number of carboxylic acids is 1. The van der Waals surface area contributed by atoms with Gasteiger partial charge in [-0.15, -0.1) is 0 Å². The largest absolute Gasteiger partial charge is 0.481 e. The molecule has 1 rings (SSSR count). The molecule has 5 heteroatoms. The Kier molecular flexibility index (Phi) is 5.85. The van der Waals surface area contributed by atoms with Crippen LogP contribution in [0.3, 0.4) is 0 Å². The topological polar surface area (TPSA) is 66.4 Å². The number of nitrogens with one attached hydrogen (secondary N) is 1. The Hall–Kier alpha value is -1.36. The molecule has 0 aliphatic carbocycles. The molecule has 0 aromatic heterocycles. The highest BCUT2D eigenvalue weighted by Crippen LogP contribution is 2.11. The number of hydrogen-bond donors (Lipinski definition) is 2. The Morgan fingerprint density at radius 2 is 1.94 bits per heavy atom. The second-order valence-electron chi connectivity index (χ2n) is 4.09. The molecule has 0 aliphatic rings. The van der Waals surface area contributed by atoms with Crippen LogP contribution in [0.1, 0.15) is 30.1 Å². The van der Waals surface area contributed by atoms with E-state index in [2.05, 4.69) is 21.2 Å². The molecule has 0 saturated carbocycles. The standard InChI is InChI=1S/C13H16BrNO3/c1-2-9(7-12(16)17)8-15-13(18)10-3-5-11(14)6-4-10/h3-6,9H,2,7-8H2,1H3,(H,15,18)(H,16,17). The van der Waals surface area contributed by atoms with E-state index in [9.17, 15) is 9.59 Å². The van der Waals surface area contributed by atoms with Crippen LogP contribution in [0, 0.1) is 5.92 Å². The van der Waals surface area contributed by atoms with E-state index in [0.717, 1.165) is 10.9 Å². The average molecular weight is 314 g/mol. The van der Waals surface area contributed by atoms with E-state index in [1.165, 1.54) is 0 Å². The first-order chi connectivity index (χ1) is 8.52. The summed E-state index contributed by atoms with van der Waals surface area (Å²) in [6.07, 6.45) is 0.810. The highest BCUT2D eigenvalue weighted by molar-refractivity contribution is 9.10. The molecule has 0 spiro atoms. The van der Waals surface area contributed by atoms with Gasteiger partial charge in [-0.25, -0.2) is 0 Å². The van der Waals surface area contributed by atoms with Crippen molar-refractivity contribution < 1.29 is 14.7 Å². The van der Waals surface area contributed by atoms with Crippen LogP contribution in [0.4, 0.5) is 0 Å². The normalized spacial score (nSPS) is 11.9. The van der Waals surface area contributed by atoms with Gasteiger partial charge in [-0.1, -0.05) is 29.3 Å². The monoisotopic (exact) mass is 313 g/mol. The van der Waals surface area contributed by atoms with Gasteiger partial charge in [-0.3, -0.25) is 9.59 Å². The molecule has 1 amide bonds. The van der Waals surface area contributed by atoms with E-state index in [1.807, 2.05) is 6.92 Å². The Morgan fingerprint density at radius 1 is 1.33 bits per heavy atom. The van der Waals surface area contributed by atoms with Gasteiger partial charge in [0, 0.05) is 23.0 Å². The lowest BCUT2D eigenvalue weighted by molar-refractivity contribution is -0.138. The van der Waals surface area contributed by atoms with Crippen molar-refractivity contribution in [3.05, 3.63) is 34.3 Å². The van der Waals surface area contributed by atoms with Crippen molar-refractivity contribution in [2.75, 3.05) is 6.54 Å². The molecule has 0 radical (unpaired) electrons. The molecular formula is C13H16BrNO3. The number of benzene rings is 1. The molecule has 0 bridgehead atoms. The lowest BCUT2D eigenvalue weighted by Gasteiger charge is -2.13. The molecular weight excluding hydrogens is 298 g/mol. The van der Waals surface area contributed by atoms with Gasteiger partial charge >= 0.3 is 5.97 Å². The van der Waals surface area contributed by atoms with Crippen LogP contribution >= 0.6 is 15.9 Å². The Labute approximate surface area is 115 Å². The number of aliphatic carboxylic acids is 1. The minimum absolute atomic E-state index is 0.0260. The van der Waals surface area contributed by atoms with Gasteiger partial charge in [0.25, 0.3) is 5.91 Å². The number of amides is 1. The summed E-state index contributed by atoms with van der Waals surface area (Å²) in [7, 11) is 0. The summed E-state index contributed by atoms with van der Waals surface area (Å²) in [5.74, 6) is -1.03. The summed E-state index contributed by atoms with van der Waals surface area (Å²) < 4.78 is 0.913. The molecule has 18 heavy (non-hydrogen) atoms. The average Bonchev–Trinajstić information content (AvgIpc) is 2.34.